The van der Waals surface area contributed by atoms with Crippen LogP contribution in [0.2, 0.25) is 0 Å². The molecule has 6 nitrogen and oxygen atoms in total. The van der Waals surface area contributed by atoms with Crippen LogP contribution in [-0.4, -0.2) is 12.1 Å². The van der Waals surface area contributed by atoms with E-state index in [0.717, 1.165) is 21.9 Å². The van der Waals surface area contributed by atoms with Gasteiger partial charge in [0.1, 0.15) is 34.7 Å². The molecule has 7 heteroatoms. The summed E-state index contributed by atoms with van der Waals surface area (Å²) in [4.78, 5) is 12.6. The van der Waals surface area contributed by atoms with E-state index in [-0.39, 0.29) is 11.6 Å². The van der Waals surface area contributed by atoms with E-state index in [0.29, 0.717) is 17.1 Å². The van der Waals surface area contributed by atoms with E-state index >= 15 is 0 Å². The van der Waals surface area contributed by atoms with Crippen molar-refractivity contribution in [1.82, 2.24) is 0 Å². The summed E-state index contributed by atoms with van der Waals surface area (Å²) < 4.78 is 29.9. The van der Waals surface area contributed by atoms with Crippen molar-refractivity contribution in [3.8, 4) is 23.3 Å². The lowest BCUT2D eigenvalue weighted by Crippen LogP contribution is -2.28. The molecule has 2 N–H and O–H groups in total. The maximum absolute atomic E-state index is 13.1. The van der Waals surface area contributed by atoms with Crippen molar-refractivity contribution in [3.63, 3.8) is 0 Å². The highest BCUT2D eigenvalue weighted by atomic mass is 19.1. The second-order valence-corrected chi connectivity index (χ2v) is 8.33. The van der Waals surface area contributed by atoms with Gasteiger partial charge < -0.3 is 19.9 Å². The standard InChI is InChI=1S/C29H21FN2O4/c1-17(34-20-11-9-19(30)10-12-20)29(33)35-21-13-14-24-26(15-21)36-28(32)25(16-31)27(24)23-8-4-6-18-5-2-3-7-22(18)23/h2-15,17,27H,32H2,1H3. The van der Waals surface area contributed by atoms with Crippen molar-refractivity contribution in [3.05, 3.63) is 113 Å². The molecular formula is C29H21FN2O4. The van der Waals surface area contributed by atoms with Gasteiger partial charge in [0.05, 0.1) is 5.92 Å². The summed E-state index contributed by atoms with van der Waals surface area (Å²) in [6, 6.07) is 26.4. The molecule has 0 saturated carbocycles. The molecule has 0 bridgehead atoms. The molecule has 0 fully saturated rings. The molecule has 0 aliphatic carbocycles. The first-order valence-electron chi connectivity index (χ1n) is 11.3. The van der Waals surface area contributed by atoms with Crippen molar-refractivity contribution >= 4 is 16.7 Å². The third-order valence-electron chi connectivity index (χ3n) is 6.00. The Morgan fingerprint density at radius 2 is 1.72 bits per heavy atom. The van der Waals surface area contributed by atoms with Gasteiger partial charge in [0.2, 0.25) is 5.88 Å². The van der Waals surface area contributed by atoms with Gasteiger partial charge in [-0.1, -0.05) is 48.5 Å². The Kier molecular flexibility index (Phi) is 6.01. The summed E-state index contributed by atoms with van der Waals surface area (Å²) in [5.74, 6) is -0.521. The summed E-state index contributed by atoms with van der Waals surface area (Å²) in [6.45, 7) is 1.54. The van der Waals surface area contributed by atoms with Gasteiger partial charge in [-0.2, -0.15) is 5.26 Å². The summed E-state index contributed by atoms with van der Waals surface area (Å²) in [5, 5.41) is 11.9. The third-order valence-corrected chi connectivity index (χ3v) is 6.00. The van der Waals surface area contributed by atoms with Gasteiger partial charge in [0, 0.05) is 11.6 Å². The van der Waals surface area contributed by atoms with Gasteiger partial charge >= 0.3 is 5.97 Å². The summed E-state index contributed by atoms with van der Waals surface area (Å²) in [5.41, 5.74) is 8.11. The second-order valence-electron chi connectivity index (χ2n) is 8.33. The minimum absolute atomic E-state index is 0.000535. The fourth-order valence-corrected chi connectivity index (χ4v) is 4.29. The predicted molar refractivity (Wildman–Crippen MR) is 132 cm³/mol. The first kappa shape index (κ1) is 22.9. The van der Waals surface area contributed by atoms with Gasteiger partial charge in [0.15, 0.2) is 6.10 Å². The summed E-state index contributed by atoms with van der Waals surface area (Å²) in [7, 11) is 0. The lowest BCUT2D eigenvalue weighted by atomic mass is 9.81. The Hall–Kier alpha value is -4.83. The van der Waals surface area contributed by atoms with Crippen LogP contribution >= 0.6 is 0 Å². The predicted octanol–water partition coefficient (Wildman–Crippen LogP) is 5.57. The number of hydrogen-bond donors (Lipinski definition) is 1. The molecule has 4 aromatic carbocycles. The van der Waals surface area contributed by atoms with E-state index in [1.165, 1.54) is 31.2 Å². The average Bonchev–Trinajstić information content (AvgIpc) is 2.88. The number of ether oxygens (including phenoxy) is 3. The van der Waals surface area contributed by atoms with E-state index < -0.39 is 23.8 Å². The number of benzene rings is 4. The molecule has 1 aliphatic rings. The van der Waals surface area contributed by atoms with Crippen molar-refractivity contribution in [2.24, 2.45) is 5.73 Å². The van der Waals surface area contributed by atoms with Crippen LogP contribution in [0, 0.1) is 17.1 Å². The smallest absolute Gasteiger partial charge is 0.352 e. The molecule has 4 aromatic rings. The lowest BCUT2D eigenvalue weighted by Gasteiger charge is -2.27. The molecule has 0 radical (unpaired) electrons. The summed E-state index contributed by atoms with van der Waals surface area (Å²) in [6.07, 6.45) is -0.939. The minimum atomic E-state index is -0.939. The maximum Gasteiger partial charge on any atom is 0.352 e. The number of nitrogens with two attached hydrogens (primary N) is 1. The monoisotopic (exact) mass is 480 g/mol. The Labute approximate surface area is 206 Å². The van der Waals surface area contributed by atoms with Crippen LogP contribution in [0.25, 0.3) is 10.8 Å². The number of hydrogen-bond acceptors (Lipinski definition) is 6. The highest BCUT2D eigenvalue weighted by molar-refractivity contribution is 5.87. The first-order chi connectivity index (χ1) is 17.4. The van der Waals surface area contributed by atoms with E-state index in [9.17, 15) is 14.4 Å². The number of halogens is 1. The maximum atomic E-state index is 13.1. The molecule has 36 heavy (non-hydrogen) atoms. The average molecular weight is 480 g/mol. The van der Waals surface area contributed by atoms with Crippen LogP contribution in [0.3, 0.4) is 0 Å². The molecule has 0 aromatic heterocycles. The zero-order valence-electron chi connectivity index (χ0n) is 19.3. The number of carbonyl (C=O) groups excluding carboxylic acids is 1. The number of nitriles is 1. The molecule has 0 amide bonds. The van der Waals surface area contributed by atoms with E-state index in [1.807, 2.05) is 42.5 Å². The van der Waals surface area contributed by atoms with Crippen molar-refractivity contribution in [2.75, 3.05) is 0 Å². The van der Waals surface area contributed by atoms with Gasteiger partial charge in [-0.25, -0.2) is 9.18 Å². The Balaban J connectivity index is 1.44. The molecule has 1 aliphatic heterocycles. The van der Waals surface area contributed by atoms with Crippen LogP contribution < -0.4 is 19.9 Å². The fraction of sp³-hybridized carbons (Fsp3) is 0.103. The molecule has 2 unspecified atom stereocenters. The number of esters is 1. The molecule has 0 saturated heterocycles. The molecule has 2 atom stereocenters. The zero-order valence-corrected chi connectivity index (χ0v) is 19.3. The van der Waals surface area contributed by atoms with Crippen LogP contribution in [0.1, 0.15) is 24.0 Å². The van der Waals surface area contributed by atoms with Gasteiger partial charge in [-0.3, -0.25) is 0 Å². The minimum Gasteiger partial charge on any atom is -0.479 e. The lowest BCUT2D eigenvalue weighted by molar-refractivity contribution is -0.141. The number of carbonyl (C=O) groups is 1. The zero-order chi connectivity index (χ0) is 25.2. The van der Waals surface area contributed by atoms with Crippen molar-refractivity contribution in [2.45, 2.75) is 18.9 Å². The normalized spacial score (nSPS) is 15.4. The van der Waals surface area contributed by atoms with Crippen LogP contribution in [0.15, 0.2) is 96.4 Å². The second kappa shape index (κ2) is 9.43. The van der Waals surface area contributed by atoms with Crippen molar-refractivity contribution < 1.29 is 23.4 Å². The SMILES string of the molecule is CC(Oc1ccc(F)cc1)C(=O)Oc1ccc2c(c1)OC(N)=C(C#N)C2c1cccc2ccccc12. The third kappa shape index (κ3) is 4.32. The van der Waals surface area contributed by atoms with E-state index in [4.69, 9.17) is 19.9 Å². The topological polar surface area (TPSA) is 94.6 Å². The fourth-order valence-electron chi connectivity index (χ4n) is 4.29. The van der Waals surface area contributed by atoms with Gasteiger partial charge in [0.25, 0.3) is 0 Å². The molecule has 5 rings (SSSR count). The molecule has 178 valence electrons. The van der Waals surface area contributed by atoms with E-state index in [1.54, 1.807) is 18.2 Å². The quantitative estimate of drug-likeness (QED) is 0.296. The number of allylic oxidation sites excluding steroid dienone is 1. The van der Waals surface area contributed by atoms with Crippen LogP contribution in [-0.2, 0) is 4.79 Å². The molecular weight excluding hydrogens is 459 g/mol. The Morgan fingerprint density at radius 3 is 2.50 bits per heavy atom. The van der Waals surface area contributed by atoms with Crippen molar-refractivity contribution in [1.29, 1.82) is 5.26 Å². The highest BCUT2D eigenvalue weighted by Crippen LogP contribution is 2.45. The van der Waals surface area contributed by atoms with Crippen LogP contribution in [0.5, 0.6) is 17.2 Å². The molecule has 0 spiro atoms. The Bertz CT molecular complexity index is 1530. The Morgan fingerprint density at radius 1 is 1.00 bits per heavy atom. The number of rotatable bonds is 5. The molecule has 1 heterocycles. The number of nitrogens with zero attached hydrogens (tertiary/aromatic N) is 1. The van der Waals surface area contributed by atoms with Gasteiger partial charge in [-0.15, -0.1) is 0 Å². The van der Waals surface area contributed by atoms with Gasteiger partial charge in [-0.05, 0) is 53.6 Å². The number of fused-ring (bicyclic) bond motifs is 2. The first-order valence-corrected chi connectivity index (χ1v) is 11.3. The largest absolute Gasteiger partial charge is 0.479 e. The summed E-state index contributed by atoms with van der Waals surface area (Å²) >= 11 is 0. The highest BCUT2D eigenvalue weighted by Gasteiger charge is 2.32. The van der Waals surface area contributed by atoms with E-state index in [2.05, 4.69) is 6.07 Å². The van der Waals surface area contributed by atoms with Crippen LogP contribution in [0.4, 0.5) is 4.39 Å².